The van der Waals surface area contributed by atoms with Crippen LogP contribution in [0.4, 0.5) is 0 Å². The fourth-order valence-corrected chi connectivity index (χ4v) is 0.204. The van der Waals surface area contributed by atoms with Crippen molar-refractivity contribution < 1.29 is 17.7 Å². The Bertz CT molecular complexity index is 148. The van der Waals surface area contributed by atoms with Crippen LogP contribution in [0.25, 0.3) is 0 Å². The van der Waals surface area contributed by atoms with Gasteiger partial charge in [0.15, 0.2) is 0 Å². The molecule has 0 radical (unpaired) electrons. The summed E-state index contributed by atoms with van der Waals surface area (Å²) in [5.41, 5.74) is 0. The fourth-order valence-electron chi connectivity index (χ4n) is 0.204. The first-order chi connectivity index (χ1) is 4.97. The zero-order valence-electron chi connectivity index (χ0n) is 7.20. The topological polar surface area (TPSA) is 63.6 Å². The van der Waals surface area contributed by atoms with Gasteiger partial charge in [-0.25, -0.2) is 0 Å². The Morgan fingerprint density at radius 2 is 1.45 bits per heavy atom. The van der Waals surface area contributed by atoms with E-state index in [0.29, 0.717) is 0 Å². The molecular formula is C6H16O4S. The van der Waals surface area contributed by atoms with E-state index in [-0.39, 0.29) is 5.75 Å². The predicted molar refractivity (Wildman–Crippen MR) is 44.3 cm³/mol. The van der Waals surface area contributed by atoms with E-state index in [1.54, 1.807) is 0 Å². The van der Waals surface area contributed by atoms with Crippen molar-refractivity contribution in [1.82, 2.24) is 0 Å². The third-order valence-electron chi connectivity index (χ3n) is 0.773. The van der Waals surface area contributed by atoms with Gasteiger partial charge in [0.2, 0.25) is 0 Å². The van der Waals surface area contributed by atoms with Gasteiger partial charge in [-0.2, -0.15) is 8.42 Å². The predicted octanol–water partition coefficient (Wildman–Crippen LogP) is 0.937. The first-order valence-corrected chi connectivity index (χ1v) is 5.11. The summed E-state index contributed by atoms with van der Waals surface area (Å²) in [6, 6.07) is 0. The minimum atomic E-state index is -3.66. The molecule has 0 heterocycles. The molecule has 0 aromatic heterocycles. The van der Waals surface area contributed by atoms with Gasteiger partial charge in [-0.15, -0.1) is 0 Å². The highest BCUT2D eigenvalue weighted by Gasteiger charge is 1.93. The van der Waals surface area contributed by atoms with Gasteiger partial charge >= 0.3 is 0 Å². The summed E-state index contributed by atoms with van der Waals surface area (Å²) in [6.45, 7) is 7.04. The third-order valence-corrected chi connectivity index (χ3v) is 1.50. The van der Waals surface area contributed by atoms with E-state index in [0.717, 1.165) is 13.2 Å². The maximum absolute atomic E-state index is 9.56. The van der Waals surface area contributed by atoms with Crippen molar-refractivity contribution >= 4 is 10.1 Å². The van der Waals surface area contributed by atoms with Crippen LogP contribution in [0.2, 0.25) is 0 Å². The van der Waals surface area contributed by atoms with Crippen molar-refractivity contribution in [1.29, 1.82) is 0 Å². The largest absolute Gasteiger partial charge is 0.382 e. The molecule has 0 aromatic carbocycles. The highest BCUT2D eigenvalue weighted by molar-refractivity contribution is 7.85. The average molecular weight is 184 g/mol. The standard InChI is InChI=1S/C4H10O.C2H6O3S/c1-3-5-4-2;1-2-6(3,4)5/h3-4H2,1-2H3;2H2,1H3,(H,3,4,5). The molecule has 1 N–H and O–H groups in total. The molecule has 70 valence electrons. The van der Waals surface area contributed by atoms with Gasteiger partial charge in [0.05, 0.1) is 5.75 Å². The van der Waals surface area contributed by atoms with Crippen LogP contribution in [0, 0.1) is 0 Å². The van der Waals surface area contributed by atoms with Crippen LogP contribution in [-0.2, 0) is 14.9 Å². The van der Waals surface area contributed by atoms with Crippen LogP contribution in [0.1, 0.15) is 20.8 Å². The van der Waals surface area contributed by atoms with E-state index in [2.05, 4.69) is 0 Å². The average Bonchev–Trinajstić information content (AvgIpc) is 1.90. The molecule has 0 aliphatic heterocycles. The van der Waals surface area contributed by atoms with E-state index in [4.69, 9.17) is 9.29 Å². The van der Waals surface area contributed by atoms with Crippen molar-refractivity contribution in [2.24, 2.45) is 0 Å². The molecule has 0 rings (SSSR count). The Kier molecular flexibility index (Phi) is 9.75. The molecule has 0 aliphatic rings. The second-order valence-corrected chi connectivity index (χ2v) is 3.39. The van der Waals surface area contributed by atoms with Crippen LogP contribution in [0.5, 0.6) is 0 Å². The molecular weight excluding hydrogens is 168 g/mol. The van der Waals surface area contributed by atoms with Crippen LogP contribution in [0.3, 0.4) is 0 Å². The van der Waals surface area contributed by atoms with E-state index < -0.39 is 10.1 Å². The van der Waals surface area contributed by atoms with Crippen molar-refractivity contribution in [3.8, 4) is 0 Å². The monoisotopic (exact) mass is 184 g/mol. The molecule has 0 fully saturated rings. The van der Waals surface area contributed by atoms with Gasteiger partial charge in [0.1, 0.15) is 0 Å². The van der Waals surface area contributed by atoms with Gasteiger partial charge in [-0.05, 0) is 20.8 Å². The van der Waals surface area contributed by atoms with E-state index >= 15 is 0 Å². The van der Waals surface area contributed by atoms with Gasteiger partial charge < -0.3 is 4.74 Å². The summed E-state index contributed by atoms with van der Waals surface area (Å²) in [7, 11) is -3.66. The molecule has 0 bridgehead atoms. The molecule has 0 amide bonds. The zero-order valence-corrected chi connectivity index (χ0v) is 8.02. The second kappa shape index (κ2) is 7.97. The lowest BCUT2D eigenvalue weighted by molar-refractivity contribution is 0.162. The van der Waals surface area contributed by atoms with Crippen LogP contribution >= 0.6 is 0 Å². The maximum atomic E-state index is 9.56. The molecule has 0 aliphatic carbocycles. The van der Waals surface area contributed by atoms with Crippen molar-refractivity contribution in [2.45, 2.75) is 20.8 Å². The molecule has 0 aromatic rings. The summed E-state index contributed by atoms with van der Waals surface area (Å²) in [5.74, 6) is -0.201. The van der Waals surface area contributed by atoms with E-state index in [1.165, 1.54) is 6.92 Å². The summed E-state index contributed by atoms with van der Waals surface area (Å²) in [6.07, 6.45) is 0. The highest BCUT2D eigenvalue weighted by Crippen LogP contribution is 1.74. The fraction of sp³-hybridized carbons (Fsp3) is 1.00. The van der Waals surface area contributed by atoms with Crippen LogP contribution in [0.15, 0.2) is 0 Å². The summed E-state index contributed by atoms with van der Waals surface area (Å²) in [4.78, 5) is 0. The van der Waals surface area contributed by atoms with Gasteiger partial charge in [-0.3, -0.25) is 4.55 Å². The molecule has 0 spiro atoms. The van der Waals surface area contributed by atoms with Crippen molar-refractivity contribution in [3.63, 3.8) is 0 Å². The van der Waals surface area contributed by atoms with Crippen LogP contribution < -0.4 is 0 Å². The van der Waals surface area contributed by atoms with E-state index in [1.807, 2.05) is 13.8 Å². The first kappa shape index (κ1) is 13.5. The summed E-state index contributed by atoms with van der Waals surface area (Å²) < 4.78 is 31.7. The first-order valence-electron chi connectivity index (χ1n) is 3.50. The molecule has 11 heavy (non-hydrogen) atoms. The number of rotatable bonds is 3. The Labute approximate surface area is 68.3 Å². The lowest BCUT2D eigenvalue weighted by atomic mass is 10.8. The molecule has 0 atom stereocenters. The van der Waals surface area contributed by atoms with E-state index in [9.17, 15) is 8.42 Å². The number of hydrogen-bond donors (Lipinski definition) is 1. The quantitative estimate of drug-likeness (QED) is 0.663. The van der Waals surface area contributed by atoms with Crippen molar-refractivity contribution in [2.75, 3.05) is 19.0 Å². The highest BCUT2D eigenvalue weighted by atomic mass is 32.2. The lowest BCUT2D eigenvalue weighted by Gasteiger charge is -1.86. The summed E-state index contributed by atoms with van der Waals surface area (Å²) >= 11 is 0. The number of ether oxygens (including phenoxy) is 1. The normalized spacial score (nSPS) is 10.2. The smallest absolute Gasteiger partial charge is 0.264 e. The molecule has 4 nitrogen and oxygen atoms in total. The third kappa shape index (κ3) is 25.8. The molecule has 0 saturated carbocycles. The zero-order chi connectivity index (χ0) is 9.33. The van der Waals surface area contributed by atoms with Crippen molar-refractivity contribution in [3.05, 3.63) is 0 Å². The SMILES string of the molecule is CCOCC.CCS(=O)(=O)O. The maximum Gasteiger partial charge on any atom is 0.264 e. The molecule has 0 unspecified atom stereocenters. The lowest BCUT2D eigenvalue weighted by Crippen LogP contribution is -1.97. The molecule has 5 heteroatoms. The van der Waals surface area contributed by atoms with Gasteiger partial charge in [0.25, 0.3) is 10.1 Å². The second-order valence-electron chi connectivity index (χ2n) is 1.65. The summed E-state index contributed by atoms with van der Waals surface area (Å²) in [5, 5.41) is 0. The Morgan fingerprint density at radius 3 is 1.45 bits per heavy atom. The Balaban J connectivity index is 0. The van der Waals surface area contributed by atoms with Crippen LogP contribution in [-0.4, -0.2) is 31.9 Å². The Morgan fingerprint density at radius 1 is 1.18 bits per heavy atom. The van der Waals surface area contributed by atoms with Gasteiger partial charge in [0, 0.05) is 13.2 Å². The minimum absolute atomic E-state index is 0.201. The minimum Gasteiger partial charge on any atom is -0.382 e. The van der Waals surface area contributed by atoms with Gasteiger partial charge in [-0.1, -0.05) is 0 Å². The molecule has 0 saturated heterocycles. The Hall–Kier alpha value is -0.130. The number of hydrogen-bond acceptors (Lipinski definition) is 3.